The Labute approximate surface area is 122 Å². The van der Waals surface area contributed by atoms with Crippen LogP contribution in [0.15, 0.2) is 44.5 Å². The van der Waals surface area contributed by atoms with E-state index in [2.05, 4.69) is 4.99 Å². The predicted molar refractivity (Wildman–Crippen MR) is 80.9 cm³/mol. The third-order valence-corrected chi connectivity index (χ3v) is 2.84. The fourth-order valence-electron chi connectivity index (χ4n) is 1.99. The van der Waals surface area contributed by atoms with E-state index in [0.29, 0.717) is 29.5 Å². The minimum absolute atomic E-state index is 0.0717. The van der Waals surface area contributed by atoms with E-state index in [1.165, 1.54) is 6.07 Å². The second-order valence-electron chi connectivity index (χ2n) is 4.53. The van der Waals surface area contributed by atoms with Crippen molar-refractivity contribution in [3.63, 3.8) is 0 Å². The molecule has 1 aromatic carbocycles. The summed E-state index contributed by atoms with van der Waals surface area (Å²) in [5, 5.41) is 9.89. The van der Waals surface area contributed by atoms with Gasteiger partial charge in [-0.3, -0.25) is 4.99 Å². The molecule has 5 nitrogen and oxygen atoms in total. The quantitative estimate of drug-likeness (QED) is 0.876. The van der Waals surface area contributed by atoms with Gasteiger partial charge in [0.1, 0.15) is 22.8 Å². The Morgan fingerprint density at radius 3 is 2.81 bits per heavy atom. The maximum atomic E-state index is 11.8. The summed E-state index contributed by atoms with van der Waals surface area (Å²) in [7, 11) is 0. The lowest BCUT2D eigenvalue weighted by molar-refractivity contribution is 0.340. The van der Waals surface area contributed by atoms with Gasteiger partial charge >= 0.3 is 5.63 Å². The Morgan fingerprint density at radius 2 is 2.14 bits per heavy atom. The average molecular weight is 287 g/mol. The van der Waals surface area contributed by atoms with Crippen LogP contribution in [0.1, 0.15) is 25.2 Å². The van der Waals surface area contributed by atoms with Crippen LogP contribution in [-0.4, -0.2) is 17.4 Å². The largest absolute Gasteiger partial charge is 0.507 e. The topological polar surface area (TPSA) is 72.0 Å². The van der Waals surface area contributed by atoms with Crippen molar-refractivity contribution >= 4 is 11.4 Å². The monoisotopic (exact) mass is 287 g/mol. The fourth-order valence-corrected chi connectivity index (χ4v) is 1.99. The van der Waals surface area contributed by atoms with Gasteiger partial charge in [0.2, 0.25) is 0 Å². The molecule has 21 heavy (non-hydrogen) atoms. The SMILES string of the molecule is CCOc1cccc(N=C(C)c2c(O)cc(C)oc2=O)c1. The molecule has 0 fully saturated rings. The molecule has 1 heterocycles. The first-order valence-electron chi connectivity index (χ1n) is 6.63. The first-order chi connectivity index (χ1) is 10.0. The second-order valence-corrected chi connectivity index (χ2v) is 4.53. The minimum atomic E-state index is -0.602. The number of nitrogens with zero attached hydrogens (tertiary/aromatic N) is 1. The Hall–Kier alpha value is -2.56. The zero-order valence-electron chi connectivity index (χ0n) is 12.2. The predicted octanol–water partition coefficient (Wildman–Crippen LogP) is 3.19. The molecule has 0 amide bonds. The highest BCUT2D eigenvalue weighted by Crippen LogP contribution is 2.22. The number of hydrogen-bond acceptors (Lipinski definition) is 5. The lowest BCUT2D eigenvalue weighted by atomic mass is 10.1. The van der Waals surface area contributed by atoms with Gasteiger partial charge in [-0.15, -0.1) is 0 Å². The summed E-state index contributed by atoms with van der Waals surface area (Å²) < 4.78 is 10.4. The highest BCUT2D eigenvalue weighted by atomic mass is 16.5. The molecule has 0 spiro atoms. The van der Waals surface area contributed by atoms with E-state index in [-0.39, 0.29) is 11.3 Å². The van der Waals surface area contributed by atoms with Crippen molar-refractivity contribution in [3.05, 3.63) is 52.1 Å². The van der Waals surface area contributed by atoms with E-state index >= 15 is 0 Å². The molecule has 0 saturated carbocycles. The van der Waals surface area contributed by atoms with E-state index in [9.17, 15) is 9.90 Å². The number of aromatic hydroxyl groups is 1. The Morgan fingerprint density at radius 1 is 1.38 bits per heavy atom. The molecule has 0 unspecified atom stereocenters. The average Bonchev–Trinajstić information content (AvgIpc) is 2.38. The summed E-state index contributed by atoms with van der Waals surface area (Å²) in [6.45, 7) is 5.71. The molecule has 2 rings (SSSR count). The molecule has 0 radical (unpaired) electrons. The van der Waals surface area contributed by atoms with Crippen LogP contribution in [-0.2, 0) is 0 Å². The standard InChI is InChI=1S/C16H17NO4/c1-4-20-13-7-5-6-12(9-13)17-11(3)15-14(18)8-10(2)21-16(15)19/h5-9,18H,4H2,1-3H3. The maximum absolute atomic E-state index is 11.8. The third-order valence-electron chi connectivity index (χ3n) is 2.84. The second kappa shape index (κ2) is 6.26. The molecule has 0 aliphatic heterocycles. The van der Waals surface area contributed by atoms with Crippen LogP contribution in [0.5, 0.6) is 11.5 Å². The molecule has 1 N–H and O–H groups in total. The summed E-state index contributed by atoms with van der Waals surface area (Å²) in [5.41, 5.74) is 0.491. The molecule has 0 bridgehead atoms. The number of aliphatic imine (C=N–C) groups is 1. The van der Waals surface area contributed by atoms with E-state index in [1.807, 2.05) is 19.1 Å². The van der Waals surface area contributed by atoms with Gasteiger partial charge in [0.15, 0.2) is 0 Å². The smallest absolute Gasteiger partial charge is 0.348 e. The van der Waals surface area contributed by atoms with Gasteiger partial charge in [-0.25, -0.2) is 4.79 Å². The highest BCUT2D eigenvalue weighted by molar-refractivity contribution is 6.02. The zero-order chi connectivity index (χ0) is 15.4. The summed E-state index contributed by atoms with van der Waals surface area (Å²) >= 11 is 0. The molecular formula is C16H17NO4. The van der Waals surface area contributed by atoms with E-state index in [0.717, 1.165) is 0 Å². The number of hydrogen-bond donors (Lipinski definition) is 1. The molecule has 5 heteroatoms. The number of aryl methyl sites for hydroxylation is 1. The lowest BCUT2D eigenvalue weighted by Crippen LogP contribution is -2.12. The van der Waals surface area contributed by atoms with E-state index in [1.54, 1.807) is 26.0 Å². The van der Waals surface area contributed by atoms with E-state index < -0.39 is 5.63 Å². The number of rotatable bonds is 4. The summed E-state index contributed by atoms with van der Waals surface area (Å²) in [4.78, 5) is 16.2. The first-order valence-corrected chi connectivity index (χ1v) is 6.63. The Kier molecular flexibility index (Phi) is 4.42. The van der Waals surface area contributed by atoms with Crippen LogP contribution in [0.2, 0.25) is 0 Å². The highest BCUT2D eigenvalue weighted by Gasteiger charge is 2.13. The number of ether oxygens (including phenoxy) is 1. The van der Waals surface area contributed by atoms with Crippen molar-refractivity contribution in [2.45, 2.75) is 20.8 Å². The zero-order valence-corrected chi connectivity index (χ0v) is 12.2. The fraction of sp³-hybridized carbons (Fsp3) is 0.250. The molecule has 110 valence electrons. The van der Waals surface area contributed by atoms with Gasteiger partial charge < -0.3 is 14.3 Å². The Bertz CT molecular complexity index is 731. The van der Waals surface area contributed by atoms with Crippen molar-refractivity contribution < 1.29 is 14.3 Å². The van der Waals surface area contributed by atoms with Gasteiger partial charge in [0.05, 0.1) is 18.0 Å². The van der Waals surface area contributed by atoms with Gasteiger partial charge in [-0.2, -0.15) is 0 Å². The van der Waals surface area contributed by atoms with Crippen LogP contribution in [0.25, 0.3) is 0 Å². The van der Waals surface area contributed by atoms with Crippen LogP contribution in [0.3, 0.4) is 0 Å². The normalized spacial score (nSPS) is 11.5. The summed E-state index contributed by atoms with van der Waals surface area (Å²) in [5.74, 6) is 0.921. The third kappa shape index (κ3) is 3.51. The van der Waals surface area contributed by atoms with Crippen LogP contribution in [0.4, 0.5) is 5.69 Å². The molecular weight excluding hydrogens is 270 g/mol. The summed E-state index contributed by atoms with van der Waals surface area (Å²) in [6, 6.07) is 8.59. The van der Waals surface area contributed by atoms with Gasteiger partial charge in [0, 0.05) is 12.1 Å². The molecule has 2 aromatic rings. The first kappa shape index (κ1) is 14.8. The minimum Gasteiger partial charge on any atom is -0.507 e. The molecule has 0 saturated heterocycles. The molecule has 1 aromatic heterocycles. The van der Waals surface area contributed by atoms with Crippen LogP contribution >= 0.6 is 0 Å². The van der Waals surface area contributed by atoms with Crippen molar-refractivity contribution in [2.24, 2.45) is 4.99 Å². The van der Waals surface area contributed by atoms with Gasteiger partial charge in [-0.05, 0) is 32.9 Å². The summed E-state index contributed by atoms with van der Waals surface area (Å²) in [6.07, 6.45) is 0. The van der Waals surface area contributed by atoms with Crippen molar-refractivity contribution in [1.29, 1.82) is 0 Å². The van der Waals surface area contributed by atoms with E-state index in [4.69, 9.17) is 9.15 Å². The maximum Gasteiger partial charge on any atom is 0.348 e. The van der Waals surface area contributed by atoms with Crippen molar-refractivity contribution in [1.82, 2.24) is 0 Å². The van der Waals surface area contributed by atoms with Crippen molar-refractivity contribution in [2.75, 3.05) is 6.61 Å². The van der Waals surface area contributed by atoms with Crippen molar-refractivity contribution in [3.8, 4) is 11.5 Å². The lowest BCUT2D eigenvalue weighted by Gasteiger charge is -2.05. The number of benzene rings is 1. The van der Waals surface area contributed by atoms with Gasteiger partial charge in [0.25, 0.3) is 0 Å². The van der Waals surface area contributed by atoms with Gasteiger partial charge in [-0.1, -0.05) is 6.07 Å². The Balaban J connectivity index is 2.42. The molecule has 0 atom stereocenters. The molecule has 0 aliphatic carbocycles. The van der Waals surface area contributed by atoms with Crippen LogP contribution < -0.4 is 10.4 Å². The van der Waals surface area contributed by atoms with Crippen LogP contribution in [0, 0.1) is 6.92 Å². The molecule has 0 aliphatic rings.